The molecule has 0 spiro atoms. The van der Waals surface area contributed by atoms with Crippen molar-refractivity contribution in [3.8, 4) is 11.5 Å². The number of carbonyl (C=O) groups is 1. The van der Waals surface area contributed by atoms with Gasteiger partial charge in [-0.15, -0.1) is 0 Å². The van der Waals surface area contributed by atoms with Gasteiger partial charge in [0.05, 0.1) is 20.0 Å². The number of aryl methyl sites for hydroxylation is 3. The summed E-state index contributed by atoms with van der Waals surface area (Å²) in [5.41, 5.74) is 2.56. The van der Waals surface area contributed by atoms with Crippen molar-refractivity contribution in [2.75, 3.05) is 20.0 Å². The summed E-state index contributed by atoms with van der Waals surface area (Å²) in [5.74, 6) is 2.00. The third-order valence-corrected chi connectivity index (χ3v) is 5.27. The number of nitrogens with one attached hydrogen (secondary N) is 1. The van der Waals surface area contributed by atoms with Crippen LogP contribution in [-0.2, 0) is 11.8 Å². The van der Waals surface area contributed by atoms with Crippen molar-refractivity contribution in [1.29, 1.82) is 0 Å². The summed E-state index contributed by atoms with van der Waals surface area (Å²) < 4.78 is 12.6. The van der Waals surface area contributed by atoms with E-state index in [-0.39, 0.29) is 11.7 Å². The van der Waals surface area contributed by atoms with Crippen molar-refractivity contribution in [3.63, 3.8) is 0 Å². The van der Waals surface area contributed by atoms with Crippen LogP contribution in [0.5, 0.6) is 11.5 Å². The lowest BCUT2D eigenvalue weighted by molar-refractivity contribution is -0.119. The average Bonchev–Trinajstić information content (AvgIpc) is 3.14. The van der Waals surface area contributed by atoms with E-state index < -0.39 is 6.04 Å². The monoisotopic (exact) mass is 427 g/mol. The van der Waals surface area contributed by atoms with Crippen molar-refractivity contribution in [3.05, 3.63) is 59.4 Å². The van der Waals surface area contributed by atoms with Gasteiger partial charge in [-0.2, -0.15) is 0 Å². The van der Waals surface area contributed by atoms with Gasteiger partial charge in [0.2, 0.25) is 5.91 Å². The molecular formula is C21H25N5O3S. The molecule has 1 atom stereocenters. The lowest BCUT2D eigenvalue weighted by atomic mass is 10.0. The van der Waals surface area contributed by atoms with Crippen LogP contribution < -0.4 is 14.8 Å². The summed E-state index contributed by atoms with van der Waals surface area (Å²) in [4.78, 5) is 26.0. The fourth-order valence-electron chi connectivity index (χ4n) is 3.04. The van der Waals surface area contributed by atoms with Gasteiger partial charge in [0, 0.05) is 36.9 Å². The van der Waals surface area contributed by atoms with Gasteiger partial charge < -0.3 is 19.4 Å². The van der Waals surface area contributed by atoms with Crippen LogP contribution in [0.2, 0.25) is 0 Å². The Morgan fingerprint density at radius 2 is 1.73 bits per heavy atom. The number of aromatic nitrogens is 4. The molecule has 2 aromatic heterocycles. The minimum Gasteiger partial charge on any atom is -0.497 e. The van der Waals surface area contributed by atoms with E-state index >= 15 is 0 Å². The summed E-state index contributed by atoms with van der Waals surface area (Å²) in [6.07, 6.45) is 3.54. The van der Waals surface area contributed by atoms with Crippen molar-refractivity contribution < 1.29 is 14.3 Å². The van der Waals surface area contributed by atoms with E-state index in [9.17, 15) is 4.79 Å². The van der Waals surface area contributed by atoms with Crippen LogP contribution in [0, 0.1) is 13.8 Å². The Morgan fingerprint density at radius 3 is 2.27 bits per heavy atom. The van der Waals surface area contributed by atoms with Crippen LogP contribution in [0.3, 0.4) is 0 Å². The minimum absolute atomic E-state index is 0.155. The maximum absolute atomic E-state index is 12.8. The molecule has 0 saturated heterocycles. The Morgan fingerprint density at radius 1 is 1.10 bits per heavy atom. The lowest BCUT2D eigenvalue weighted by Crippen LogP contribution is -2.32. The lowest BCUT2D eigenvalue weighted by Gasteiger charge is -2.20. The average molecular weight is 428 g/mol. The number of amides is 1. The molecule has 0 bridgehead atoms. The zero-order valence-electron chi connectivity index (χ0n) is 17.7. The number of hydrogen-bond donors (Lipinski definition) is 1. The number of ether oxygens (including phenoxy) is 2. The number of rotatable bonds is 8. The number of carbonyl (C=O) groups excluding carboxylic acids is 1. The molecule has 2 heterocycles. The Labute approximate surface area is 180 Å². The zero-order chi connectivity index (χ0) is 21.7. The van der Waals surface area contributed by atoms with E-state index in [0.717, 1.165) is 17.0 Å². The molecule has 3 rings (SSSR count). The second kappa shape index (κ2) is 9.62. The van der Waals surface area contributed by atoms with Crippen LogP contribution in [0.15, 0.2) is 41.8 Å². The molecule has 0 fully saturated rings. The maximum atomic E-state index is 12.8. The van der Waals surface area contributed by atoms with E-state index in [0.29, 0.717) is 22.5 Å². The highest BCUT2D eigenvalue weighted by Crippen LogP contribution is 2.29. The van der Waals surface area contributed by atoms with Gasteiger partial charge in [0.25, 0.3) is 0 Å². The van der Waals surface area contributed by atoms with Gasteiger partial charge in [0.1, 0.15) is 23.4 Å². The van der Waals surface area contributed by atoms with Gasteiger partial charge in [-0.05, 0) is 37.6 Å². The maximum Gasteiger partial charge on any atom is 0.231 e. The molecule has 3 aromatic rings. The van der Waals surface area contributed by atoms with E-state index in [1.54, 1.807) is 26.5 Å². The molecule has 1 aromatic carbocycles. The molecule has 1 N–H and O–H groups in total. The topological polar surface area (TPSA) is 91.2 Å². The highest BCUT2D eigenvalue weighted by Gasteiger charge is 2.22. The first-order valence-corrected chi connectivity index (χ1v) is 10.3. The van der Waals surface area contributed by atoms with Crippen LogP contribution in [0.4, 0.5) is 0 Å². The van der Waals surface area contributed by atoms with Crippen molar-refractivity contribution in [2.45, 2.75) is 25.0 Å². The molecule has 8 nitrogen and oxygen atoms in total. The summed E-state index contributed by atoms with van der Waals surface area (Å²) in [7, 11) is 5.07. The first-order valence-electron chi connectivity index (χ1n) is 9.34. The van der Waals surface area contributed by atoms with Crippen molar-refractivity contribution in [1.82, 2.24) is 24.8 Å². The molecule has 0 unspecified atom stereocenters. The molecule has 0 aliphatic carbocycles. The summed E-state index contributed by atoms with van der Waals surface area (Å²) >= 11 is 1.30. The van der Waals surface area contributed by atoms with E-state index in [1.165, 1.54) is 11.8 Å². The van der Waals surface area contributed by atoms with Gasteiger partial charge in [-0.25, -0.2) is 15.0 Å². The second-order valence-corrected chi connectivity index (χ2v) is 7.71. The first kappa shape index (κ1) is 21.6. The number of imidazole rings is 1. The Kier molecular flexibility index (Phi) is 6.94. The van der Waals surface area contributed by atoms with Gasteiger partial charge in [-0.1, -0.05) is 11.8 Å². The van der Waals surface area contributed by atoms with E-state index in [4.69, 9.17) is 9.47 Å². The quantitative estimate of drug-likeness (QED) is 0.437. The predicted octanol–water partition coefficient (Wildman–Crippen LogP) is 2.84. The van der Waals surface area contributed by atoms with Crippen LogP contribution >= 0.6 is 11.8 Å². The normalized spacial score (nSPS) is 11.8. The largest absolute Gasteiger partial charge is 0.497 e. The third kappa shape index (κ3) is 5.29. The Balaban J connectivity index is 1.83. The standard InChI is InChI=1S/C21H25N5O3S/c1-13-8-14(2)24-21(23-13)30-12-18(27)25-19(20-22-6-7-26(20)3)15-9-16(28-4)11-17(10-15)29-5/h6-11,19H,12H2,1-5H3,(H,25,27)/t19-/m0/s1. The Bertz CT molecular complexity index is 995. The predicted molar refractivity (Wildman–Crippen MR) is 115 cm³/mol. The summed E-state index contributed by atoms with van der Waals surface area (Å²) in [6.45, 7) is 3.82. The molecular weight excluding hydrogens is 402 g/mol. The molecule has 0 aliphatic heterocycles. The molecule has 0 saturated carbocycles. The van der Waals surface area contributed by atoms with Crippen LogP contribution in [0.1, 0.15) is 28.8 Å². The van der Waals surface area contributed by atoms with Gasteiger partial charge in [-0.3, -0.25) is 4.79 Å². The fraction of sp³-hybridized carbons (Fsp3) is 0.333. The highest BCUT2D eigenvalue weighted by molar-refractivity contribution is 7.99. The third-order valence-electron chi connectivity index (χ3n) is 4.42. The summed E-state index contributed by atoms with van der Waals surface area (Å²) in [5, 5.41) is 3.65. The zero-order valence-corrected chi connectivity index (χ0v) is 18.5. The van der Waals surface area contributed by atoms with Gasteiger partial charge in [0.15, 0.2) is 5.16 Å². The molecule has 1 amide bonds. The highest BCUT2D eigenvalue weighted by atomic mass is 32.2. The SMILES string of the molecule is COc1cc(OC)cc([C@H](NC(=O)CSc2nc(C)cc(C)n2)c2nccn2C)c1. The first-order chi connectivity index (χ1) is 14.4. The molecule has 30 heavy (non-hydrogen) atoms. The fourth-order valence-corrected chi connectivity index (χ4v) is 3.80. The molecule has 158 valence electrons. The summed E-state index contributed by atoms with van der Waals surface area (Å²) in [6, 6.07) is 6.94. The van der Waals surface area contributed by atoms with Crippen molar-refractivity contribution >= 4 is 17.7 Å². The van der Waals surface area contributed by atoms with Crippen molar-refractivity contribution in [2.24, 2.45) is 7.05 Å². The van der Waals surface area contributed by atoms with E-state index in [1.807, 2.05) is 49.9 Å². The number of benzene rings is 1. The van der Waals surface area contributed by atoms with Gasteiger partial charge >= 0.3 is 0 Å². The molecule has 0 radical (unpaired) electrons. The number of nitrogens with zero attached hydrogens (tertiary/aromatic N) is 4. The molecule has 9 heteroatoms. The minimum atomic E-state index is -0.470. The number of methoxy groups -OCH3 is 2. The Hall–Kier alpha value is -3.07. The number of thioether (sulfide) groups is 1. The smallest absolute Gasteiger partial charge is 0.231 e. The van der Waals surface area contributed by atoms with Crippen LogP contribution in [0.25, 0.3) is 0 Å². The van der Waals surface area contributed by atoms with Crippen LogP contribution in [-0.4, -0.2) is 45.4 Å². The number of hydrogen-bond acceptors (Lipinski definition) is 7. The molecule has 0 aliphatic rings. The second-order valence-electron chi connectivity index (χ2n) is 6.76. The van der Waals surface area contributed by atoms with E-state index in [2.05, 4.69) is 20.3 Å².